The van der Waals surface area contributed by atoms with Crippen LogP contribution in [0.25, 0.3) is 0 Å². The fourth-order valence-corrected chi connectivity index (χ4v) is 2.29. The van der Waals surface area contributed by atoms with Crippen LogP contribution >= 0.6 is 0 Å². The molecule has 0 spiro atoms. The Morgan fingerprint density at radius 1 is 1.37 bits per heavy atom. The average molecular weight is 262 g/mol. The largest absolute Gasteiger partial charge is 0.360 e. The fourth-order valence-electron chi connectivity index (χ4n) is 2.29. The van der Waals surface area contributed by atoms with Crippen molar-refractivity contribution in [3.05, 3.63) is 29.2 Å². The summed E-state index contributed by atoms with van der Waals surface area (Å²) in [4.78, 5) is 12.1. The van der Waals surface area contributed by atoms with Crippen LogP contribution in [0.4, 0.5) is 0 Å². The van der Waals surface area contributed by atoms with Gasteiger partial charge < -0.3 is 9.84 Å². The highest BCUT2D eigenvalue weighted by atomic mass is 16.5. The van der Waals surface area contributed by atoms with Gasteiger partial charge in [0, 0.05) is 18.0 Å². The number of carbonyl (C=O) groups is 1. The molecule has 4 nitrogen and oxygen atoms in total. The molecule has 0 unspecified atom stereocenters. The molecule has 1 atom stereocenters. The van der Waals surface area contributed by atoms with Crippen molar-refractivity contribution in [1.82, 2.24) is 10.5 Å². The van der Waals surface area contributed by atoms with Gasteiger partial charge in [-0.3, -0.25) is 4.79 Å². The molecule has 1 amide bonds. The predicted molar refractivity (Wildman–Crippen MR) is 74.1 cm³/mol. The Morgan fingerprint density at radius 3 is 2.74 bits per heavy atom. The Balaban J connectivity index is 1.97. The summed E-state index contributed by atoms with van der Waals surface area (Å²) >= 11 is 0. The van der Waals surface area contributed by atoms with Crippen molar-refractivity contribution >= 4 is 5.91 Å². The van der Waals surface area contributed by atoms with E-state index in [1.165, 1.54) is 18.4 Å². The molecule has 0 bridgehead atoms. The number of hydrogen-bond acceptors (Lipinski definition) is 3. The van der Waals surface area contributed by atoms with Crippen LogP contribution in [-0.4, -0.2) is 17.1 Å². The van der Waals surface area contributed by atoms with Crippen LogP contribution in [0, 0.1) is 0 Å². The fraction of sp³-hybridized carbons (Fsp3) is 0.600. The van der Waals surface area contributed by atoms with E-state index in [4.69, 9.17) is 4.52 Å². The number of amides is 1. The summed E-state index contributed by atoms with van der Waals surface area (Å²) in [7, 11) is 0. The number of allylic oxidation sites excluding steroid dienone is 1. The zero-order valence-corrected chi connectivity index (χ0v) is 11.9. The molecule has 0 radical (unpaired) electrons. The van der Waals surface area contributed by atoms with Gasteiger partial charge >= 0.3 is 0 Å². The molecule has 1 aliphatic carbocycles. The van der Waals surface area contributed by atoms with Gasteiger partial charge in [0.15, 0.2) is 5.69 Å². The van der Waals surface area contributed by atoms with Crippen molar-refractivity contribution in [1.29, 1.82) is 0 Å². The molecule has 0 fully saturated rings. The topological polar surface area (TPSA) is 55.1 Å². The number of nitrogens with one attached hydrogen (secondary N) is 1. The summed E-state index contributed by atoms with van der Waals surface area (Å²) < 4.78 is 5.15. The zero-order valence-electron chi connectivity index (χ0n) is 11.9. The van der Waals surface area contributed by atoms with E-state index in [-0.39, 0.29) is 17.9 Å². The first-order valence-electron chi connectivity index (χ1n) is 7.04. The summed E-state index contributed by atoms with van der Waals surface area (Å²) in [5.74, 6) is 0.830. The summed E-state index contributed by atoms with van der Waals surface area (Å²) in [6, 6.07) is 1.80. The molecule has 0 saturated carbocycles. The van der Waals surface area contributed by atoms with Gasteiger partial charge in [0.2, 0.25) is 0 Å². The zero-order chi connectivity index (χ0) is 13.8. The Bertz CT molecular complexity index is 474. The van der Waals surface area contributed by atoms with Gasteiger partial charge in [0.1, 0.15) is 5.76 Å². The van der Waals surface area contributed by atoms with E-state index < -0.39 is 0 Å². The molecule has 1 heterocycles. The number of hydrogen-bond donors (Lipinski definition) is 1. The number of rotatable bonds is 4. The van der Waals surface area contributed by atoms with Gasteiger partial charge in [-0.2, -0.15) is 0 Å². The molecule has 1 aromatic rings. The molecule has 0 aliphatic heterocycles. The molecular formula is C15H22N2O2. The highest BCUT2D eigenvalue weighted by Crippen LogP contribution is 2.20. The Morgan fingerprint density at radius 2 is 2.16 bits per heavy atom. The lowest BCUT2D eigenvalue weighted by atomic mass is 9.95. The van der Waals surface area contributed by atoms with E-state index in [0.29, 0.717) is 5.69 Å². The second-order valence-electron chi connectivity index (χ2n) is 5.49. The van der Waals surface area contributed by atoms with E-state index >= 15 is 0 Å². The Hall–Kier alpha value is -1.58. The third kappa shape index (κ3) is 3.46. The molecular weight excluding hydrogens is 240 g/mol. The van der Waals surface area contributed by atoms with Gasteiger partial charge in [-0.05, 0) is 32.6 Å². The van der Waals surface area contributed by atoms with Crippen LogP contribution in [0.3, 0.4) is 0 Å². The average Bonchev–Trinajstić information content (AvgIpc) is 2.89. The maximum atomic E-state index is 12.1. The van der Waals surface area contributed by atoms with Crippen LogP contribution in [0.5, 0.6) is 0 Å². The molecule has 4 heteroatoms. The third-order valence-corrected chi connectivity index (χ3v) is 3.56. The monoisotopic (exact) mass is 262 g/mol. The van der Waals surface area contributed by atoms with Gasteiger partial charge in [-0.15, -0.1) is 0 Å². The van der Waals surface area contributed by atoms with Crippen molar-refractivity contribution in [2.24, 2.45) is 0 Å². The van der Waals surface area contributed by atoms with Crippen molar-refractivity contribution in [3.63, 3.8) is 0 Å². The number of carbonyl (C=O) groups excluding carboxylic acids is 1. The summed E-state index contributed by atoms with van der Waals surface area (Å²) in [5, 5.41) is 6.82. The van der Waals surface area contributed by atoms with Crippen molar-refractivity contribution in [2.75, 3.05) is 0 Å². The lowest BCUT2D eigenvalue weighted by Gasteiger charge is -2.20. The second-order valence-corrected chi connectivity index (χ2v) is 5.49. The third-order valence-electron chi connectivity index (χ3n) is 3.56. The smallest absolute Gasteiger partial charge is 0.273 e. The van der Waals surface area contributed by atoms with Crippen LogP contribution in [0.15, 0.2) is 22.2 Å². The first kappa shape index (κ1) is 13.8. The standard InChI is InChI=1S/C15H22N2O2/c1-10(2)14-9-13(17-19-14)15(18)16-11(3)12-7-5-4-6-8-12/h7,9-11H,4-6,8H2,1-3H3,(H,16,18)/t11-/m0/s1. The second kappa shape index (κ2) is 6.04. The SMILES string of the molecule is CC(C)c1cc(C(=O)N[C@@H](C)C2=CCCCC2)no1. The number of nitrogens with zero attached hydrogens (tertiary/aromatic N) is 1. The van der Waals surface area contributed by atoms with Crippen LogP contribution in [-0.2, 0) is 0 Å². The minimum atomic E-state index is -0.158. The van der Waals surface area contributed by atoms with Crippen LogP contribution in [0.2, 0.25) is 0 Å². The first-order chi connectivity index (χ1) is 9.08. The van der Waals surface area contributed by atoms with Gasteiger partial charge in [-0.1, -0.05) is 30.7 Å². The van der Waals surface area contributed by atoms with Crippen molar-refractivity contribution in [2.45, 2.75) is 58.4 Å². The van der Waals surface area contributed by atoms with Crippen molar-refractivity contribution < 1.29 is 9.32 Å². The minimum absolute atomic E-state index is 0.0759. The molecule has 0 saturated heterocycles. The summed E-state index contributed by atoms with van der Waals surface area (Å²) in [6.45, 7) is 6.05. The lowest BCUT2D eigenvalue weighted by Crippen LogP contribution is -2.34. The highest BCUT2D eigenvalue weighted by molar-refractivity contribution is 5.92. The Kier molecular flexibility index (Phi) is 4.40. The summed E-state index contributed by atoms with van der Waals surface area (Å²) in [6.07, 6.45) is 6.92. The molecule has 104 valence electrons. The molecule has 0 aromatic carbocycles. The molecule has 1 aliphatic rings. The molecule has 1 N–H and O–H groups in total. The van der Waals surface area contributed by atoms with Gasteiger partial charge in [-0.25, -0.2) is 0 Å². The maximum Gasteiger partial charge on any atom is 0.273 e. The quantitative estimate of drug-likeness (QED) is 0.846. The number of aromatic nitrogens is 1. The van der Waals surface area contributed by atoms with E-state index in [1.54, 1.807) is 6.07 Å². The van der Waals surface area contributed by atoms with E-state index in [1.807, 2.05) is 20.8 Å². The molecule has 1 aromatic heterocycles. The summed E-state index contributed by atoms with van der Waals surface area (Å²) in [5.41, 5.74) is 1.69. The van der Waals surface area contributed by atoms with Crippen LogP contribution < -0.4 is 5.32 Å². The first-order valence-corrected chi connectivity index (χ1v) is 7.04. The maximum absolute atomic E-state index is 12.1. The van der Waals surface area contributed by atoms with Gasteiger partial charge in [0.05, 0.1) is 0 Å². The van der Waals surface area contributed by atoms with E-state index in [2.05, 4.69) is 16.5 Å². The lowest BCUT2D eigenvalue weighted by molar-refractivity contribution is 0.0935. The Labute approximate surface area is 114 Å². The van der Waals surface area contributed by atoms with E-state index in [9.17, 15) is 4.79 Å². The van der Waals surface area contributed by atoms with E-state index in [0.717, 1.165) is 18.6 Å². The predicted octanol–water partition coefficient (Wildman–Crippen LogP) is 3.42. The van der Waals surface area contributed by atoms with Gasteiger partial charge in [0.25, 0.3) is 5.91 Å². The molecule has 19 heavy (non-hydrogen) atoms. The normalized spacial score (nSPS) is 17.2. The highest BCUT2D eigenvalue weighted by Gasteiger charge is 2.18. The molecule has 2 rings (SSSR count). The van der Waals surface area contributed by atoms with Crippen LogP contribution in [0.1, 0.15) is 68.6 Å². The minimum Gasteiger partial charge on any atom is -0.360 e. The van der Waals surface area contributed by atoms with Crippen molar-refractivity contribution in [3.8, 4) is 0 Å².